The largest absolute Gasteiger partial charge is 0.483 e. The normalized spacial score (nSPS) is 9.86. The zero-order valence-corrected chi connectivity index (χ0v) is 11.6. The fraction of sp³-hybridized carbons (Fsp3) is 0.917. The Morgan fingerprint density at radius 3 is 1.64 bits per heavy atom. The van der Waals surface area contributed by atoms with Gasteiger partial charge in [-0.15, -0.1) is 0 Å². The summed E-state index contributed by atoms with van der Waals surface area (Å²) in [6, 6.07) is 0. The van der Waals surface area contributed by atoms with Gasteiger partial charge in [0.2, 0.25) is 0 Å². The number of unbranched alkanes of at least 4 members (excludes halogenated alkanes) is 9. The maximum absolute atomic E-state index is 5.30. The molecule has 0 rings (SSSR count). The first-order chi connectivity index (χ1) is 6.41. The van der Waals surface area contributed by atoms with E-state index in [1.165, 1.54) is 57.8 Å². The summed E-state index contributed by atoms with van der Waals surface area (Å²) < 4.78 is 0. The van der Waals surface area contributed by atoms with Gasteiger partial charge in [0.25, 0.3) is 0 Å². The smallest absolute Gasteiger partial charge is 0 e. The summed E-state index contributed by atoms with van der Waals surface area (Å²) >= 11 is 0. The van der Waals surface area contributed by atoms with E-state index in [2.05, 4.69) is 6.92 Å². The molecule has 0 aromatic heterocycles. The summed E-state index contributed by atoms with van der Waals surface area (Å²) in [6.07, 6.45) is 13.7. The first kappa shape index (κ1) is 17.1. The second-order valence-corrected chi connectivity index (χ2v) is 3.85. The predicted molar refractivity (Wildman–Crippen MR) is 60.3 cm³/mol. The Kier molecular flexibility index (Phi) is 19.6. The molecule has 0 aliphatic carbocycles. The van der Waals surface area contributed by atoms with Crippen LogP contribution in [0, 0.1) is 6.54 Å². The van der Waals surface area contributed by atoms with Crippen LogP contribution in [0.2, 0.25) is 0 Å². The van der Waals surface area contributed by atoms with Gasteiger partial charge < -0.3 is 5.73 Å². The van der Waals surface area contributed by atoms with Crippen LogP contribution in [0.3, 0.4) is 0 Å². The molecule has 0 aromatic carbocycles. The monoisotopic (exact) mass is 282 g/mol. The summed E-state index contributed by atoms with van der Waals surface area (Å²) in [5, 5.41) is 0. The molecule has 0 aliphatic heterocycles. The molecule has 0 fully saturated rings. The van der Waals surface area contributed by atoms with Crippen LogP contribution in [-0.4, -0.2) is 0 Å². The van der Waals surface area contributed by atoms with Crippen LogP contribution < -0.4 is 5.73 Å². The summed E-state index contributed by atoms with van der Waals surface area (Å²) in [6.45, 7) is 4.05. The van der Waals surface area contributed by atoms with Gasteiger partial charge in [-0.3, -0.25) is 6.54 Å². The Morgan fingerprint density at radius 1 is 0.786 bits per heavy atom. The van der Waals surface area contributed by atoms with E-state index in [-0.39, 0.29) is 21.1 Å². The van der Waals surface area contributed by atoms with Crippen molar-refractivity contribution in [1.82, 2.24) is 0 Å². The maximum atomic E-state index is 5.30. The molecule has 0 heterocycles. The van der Waals surface area contributed by atoms with E-state index in [4.69, 9.17) is 5.73 Å². The number of rotatable bonds is 10. The molecule has 0 aromatic rings. The maximum Gasteiger partial charge on any atom is 0 e. The molecule has 0 unspecified atom stereocenters. The van der Waals surface area contributed by atoms with E-state index < -0.39 is 0 Å². The van der Waals surface area contributed by atoms with Crippen molar-refractivity contribution in [3.05, 3.63) is 6.54 Å². The van der Waals surface area contributed by atoms with Crippen molar-refractivity contribution in [3.63, 3.8) is 0 Å². The first-order valence-electron chi connectivity index (χ1n) is 5.95. The predicted octanol–water partition coefficient (Wildman–Crippen LogP) is 4.03. The molecule has 2 N–H and O–H groups in total. The standard InChI is InChI=1S/C12H26N.Mo/c1-2-3-4-5-6-7-8-9-10-11-12-13;/h12H,2-11,13H2,1H3;/q-1;. The quantitative estimate of drug-likeness (QED) is 0.365. The van der Waals surface area contributed by atoms with Gasteiger partial charge >= 0.3 is 0 Å². The van der Waals surface area contributed by atoms with Crippen LogP contribution >= 0.6 is 0 Å². The average molecular weight is 280 g/mol. The van der Waals surface area contributed by atoms with Crippen LogP contribution in [0.1, 0.15) is 71.1 Å². The molecule has 86 valence electrons. The van der Waals surface area contributed by atoms with Crippen LogP contribution in [0.15, 0.2) is 0 Å². The van der Waals surface area contributed by atoms with Crippen molar-refractivity contribution < 1.29 is 21.1 Å². The summed E-state index contributed by atoms with van der Waals surface area (Å²) in [5.74, 6) is 0. The third-order valence-electron chi connectivity index (χ3n) is 2.47. The van der Waals surface area contributed by atoms with Gasteiger partial charge in [0.15, 0.2) is 0 Å². The summed E-state index contributed by atoms with van der Waals surface area (Å²) in [5.41, 5.74) is 5.30. The molecule has 0 spiro atoms. The minimum atomic E-state index is 0. The van der Waals surface area contributed by atoms with Crippen molar-refractivity contribution in [2.75, 3.05) is 0 Å². The van der Waals surface area contributed by atoms with Gasteiger partial charge in [-0.1, -0.05) is 64.7 Å². The third-order valence-corrected chi connectivity index (χ3v) is 2.47. The molecule has 1 nitrogen and oxygen atoms in total. The van der Waals surface area contributed by atoms with Crippen molar-refractivity contribution >= 4 is 0 Å². The summed E-state index contributed by atoms with van der Waals surface area (Å²) in [4.78, 5) is 0. The zero-order chi connectivity index (χ0) is 9.78. The zero-order valence-electron chi connectivity index (χ0n) is 9.63. The first-order valence-corrected chi connectivity index (χ1v) is 5.95. The number of hydrogen-bond acceptors (Lipinski definition) is 1. The third kappa shape index (κ3) is 15.1. The van der Waals surface area contributed by atoms with Crippen molar-refractivity contribution in [2.45, 2.75) is 71.1 Å². The van der Waals surface area contributed by atoms with Crippen molar-refractivity contribution in [3.8, 4) is 0 Å². The van der Waals surface area contributed by atoms with Crippen molar-refractivity contribution in [1.29, 1.82) is 0 Å². The van der Waals surface area contributed by atoms with Crippen LogP contribution in [0.4, 0.5) is 0 Å². The Bertz CT molecular complexity index is 76.4. The number of nitrogens with two attached hydrogens (primary N) is 1. The van der Waals surface area contributed by atoms with E-state index in [9.17, 15) is 0 Å². The Labute approximate surface area is 104 Å². The molecular formula is C12H26MoN-. The molecule has 0 aliphatic rings. The van der Waals surface area contributed by atoms with Gasteiger partial charge in [0.1, 0.15) is 0 Å². The summed E-state index contributed by atoms with van der Waals surface area (Å²) in [7, 11) is 0. The van der Waals surface area contributed by atoms with Crippen molar-refractivity contribution in [2.24, 2.45) is 5.73 Å². The van der Waals surface area contributed by atoms with E-state index in [0.29, 0.717) is 0 Å². The van der Waals surface area contributed by atoms with E-state index in [0.717, 1.165) is 6.42 Å². The van der Waals surface area contributed by atoms with E-state index in [1.54, 1.807) is 6.54 Å². The molecular weight excluding hydrogens is 254 g/mol. The molecule has 2 heteroatoms. The second-order valence-electron chi connectivity index (χ2n) is 3.85. The van der Waals surface area contributed by atoms with Gasteiger partial charge in [-0.05, 0) is 0 Å². The second kappa shape index (κ2) is 16.1. The van der Waals surface area contributed by atoms with Crippen LogP contribution in [0.25, 0.3) is 0 Å². The minimum Gasteiger partial charge on any atom is -0.483 e. The van der Waals surface area contributed by atoms with Gasteiger partial charge in [0.05, 0.1) is 0 Å². The van der Waals surface area contributed by atoms with Gasteiger partial charge in [-0.25, -0.2) is 0 Å². The topological polar surface area (TPSA) is 26.0 Å². The molecule has 0 amide bonds. The molecule has 14 heavy (non-hydrogen) atoms. The molecule has 0 saturated heterocycles. The number of hydrogen-bond donors (Lipinski definition) is 1. The fourth-order valence-corrected chi connectivity index (χ4v) is 1.57. The Morgan fingerprint density at radius 2 is 1.21 bits per heavy atom. The van der Waals surface area contributed by atoms with E-state index in [1.807, 2.05) is 0 Å². The average Bonchev–Trinajstić information content (AvgIpc) is 2.16. The molecule has 0 radical (unpaired) electrons. The minimum absolute atomic E-state index is 0. The fourth-order valence-electron chi connectivity index (χ4n) is 1.57. The van der Waals surface area contributed by atoms with Gasteiger partial charge in [0, 0.05) is 21.1 Å². The van der Waals surface area contributed by atoms with Crippen LogP contribution in [-0.2, 0) is 21.1 Å². The molecule has 0 atom stereocenters. The SMILES string of the molecule is CCCCCCCCCCC[CH-]N.[Mo]. The van der Waals surface area contributed by atoms with Gasteiger partial charge in [-0.2, -0.15) is 6.42 Å². The molecule has 0 bridgehead atoms. The Hall–Kier alpha value is 0.648. The van der Waals surface area contributed by atoms with Crippen LogP contribution in [0.5, 0.6) is 0 Å². The molecule has 0 saturated carbocycles. The van der Waals surface area contributed by atoms with E-state index >= 15 is 0 Å². The Balaban J connectivity index is 0.